The van der Waals surface area contributed by atoms with Crippen LogP contribution in [-0.4, -0.2) is 63.0 Å². The fourth-order valence-corrected chi connectivity index (χ4v) is 6.01. The third-order valence-corrected chi connectivity index (χ3v) is 8.16. The molecule has 3 atom stereocenters. The van der Waals surface area contributed by atoms with Gasteiger partial charge >= 0.3 is 18.2 Å². The van der Waals surface area contributed by atoms with E-state index in [1.165, 1.54) is 24.1 Å². The van der Waals surface area contributed by atoms with Gasteiger partial charge in [0.05, 0.1) is 19.9 Å². The number of amides is 2. The Bertz CT molecular complexity index is 1200. The van der Waals surface area contributed by atoms with Crippen LogP contribution in [0.4, 0.5) is 23.7 Å². The molecule has 1 aliphatic carbocycles. The number of anilines is 1. The van der Waals surface area contributed by atoms with Crippen molar-refractivity contribution >= 4 is 40.3 Å². The molecule has 0 spiro atoms. The van der Waals surface area contributed by atoms with Crippen LogP contribution in [0.25, 0.3) is 0 Å². The molecule has 1 saturated carbocycles. The number of benzene rings is 2. The van der Waals surface area contributed by atoms with Crippen LogP contribution in [0, 0.1) is 3.57 Å². The molecule has 0 aromatic heterocycles. The van der Waals surface area contributed by atoms with E-state index in [4.69, 9.17) is 9.47 Å². The first-order valence-corrected chi connectivity index (χ1v) is 13.2. The number of methoxy groups -OCH3 is 2. The number of hydrogen-bond acceptors (Lipinski definition) is 6. The zero-order valence-corrected chi connectivity index (χ0v) is 23.3. The van der Waals surface area contributed by atoms with Crippen molar-refractivity contribution in [3.05, 3.63) is 51.6 Å². The maximum absolute atomic E-state index is 13.5. The highest BCUT2D eigenvalue weighted by atomic mass is 127. The number of nitrogens with one attached hydrogen (secondary N) is 1. The van der Waals surface area contributed by atoms with E-state index in [1.807, 2.05) is 40.8 Å². The molecule has 2 fully saturated rings. The normalized spacial score (nSPS) is 22.8. The number of hydroxylamine groups is 1. The molecule has 12 heteroatoms. The van der Waals surface area contributed by atoms with Crippen molar-refractivity contribution < 1.29 is 37.1 Å². The lowest BCUT2D eigenvalue weighted by atomic mass is 9.65. The lowest BCUT2D eigenvalue weighted by Gasteiger charge is -2.45. The lowest BCUT2D eigenvalue weighted by Crippen LogP contribution is -2.54. The summed E-state index contributed by atoms with van der Waals surface area (Å²) in [5.41, 5.74) is 0.954. The Morgan fingerprint density at radius 2 is 1.82 bits per heavy atom. The fourth-order valence-electron chi connectivity index (χ4n) is 5.49. The number of halogens is 4. The molecule has 0 bridgehead atoms. The number of alkyl halides is 3. The first-order valence-electron chi connectivity index (χ1n) is 12.1. The van der Waals surface area contributed by atoms with E-state index in [2.05, 4.69) is 10.2 Å². The molecule has 206 valence electrons. The molecule has 0 radical (unpaired) electrons. The van der Waals surface area contributed by atoms with Gasteiger partial charge in [0.1, 0.15) is 0 Å². The fraction of sp³-hybridized carbons (Fsp3) is 0.462. The third-order valence-electron chi connectivity index (χ3n) is 7.49. The van der Waals surface area contributed by atoms with Gasteiger partial charge in [-0.05, 0) is 90.7 Å². The van der Waals surface area contributed by atoms with Crippen molar-refractivity contribution in [3.63, 3.8) is 0 Å². The Hall–Kier alpha value is -2.74. The third kappa shape index (κ3) is 5.51. The SMILES string of the molecule is COc1ccc([C@]23CCN[C@H]2C[C@H](N(C)C(=O)N(OC(=O)C(F)(F)F)c2cccc(I)c2)CC3)cc1OC. The summed E-state index contributed by atoms with van der Waals surface area (Å²) in [7, 11) is 4.69. The molecule has 2 aromatic carbocycles. The summed E-state index contributed by atoms with van der Waals surface area (Å²) < 4.78 is 50.6. The average Bonchev–Trinajstić information content (AvgIpc) is 3.34. The highest BCUT2D eigenvalue weighted by Crippen LogP contribution is 2.48. The van der Waals surface area contributed by atoms with Crippen LogP contribution in [0.2, 0.25) is 0 Å². The van der Waals surface area contributed by atoms with E-state index in [-0.39, 0.29) is 23.2 Å². The number of fused-ring (bicyclic) bond motifs is 1. The molecule has 1 aliphatic heterocycles. The molecule has 1 saturated heterocycles. The number of hydrogen-bond donors (Lipinski definition) is 1. The number of rotatable bonds is 5. The molecule has 2 amide bonds. The highest BCUT2D eigenvalue weighted by Gasteiger charge is 2.50. The topological polar surface area (TPSA) is 80.3 Å². The molecule has 2 aromatic rings. The Morgan fingerprint density at radius 3 is 2.47 bits per heavy atom. The van der Waals surface area contributed by atoms with Crippen LogP contribution in [0.1, 0.15) is 31.2 Å². The van der Waals surface area contributed by atoms with Gasteiger partial charge in [0.25, 0.3) is 0 Å². The van der Waals surface area contributed by atoms with Crippen molar-refractivity contribution in [3.8, 4) is 11.5 Å². The van der Waals surface area contributed by atoms with Gasteiger partial charge in [0.15, 0.2) is 11.5 Å². The zero-order valence-electron chi connectivity index (χ0n) is 21.2. The van der Waals surface area contributed by atoms with E-state index in [1.54, 1.807) is 26.4 Å². The van der Waals surface area contributed by atoms with Crippen molar-refractivity contribution in [2.75, 3.05) is 32.9 Å². The first-order chi connectivity index (χ1) is 18.0. The van der Waals surface area contributed by atoms with Crippen LogP contribution in [0.15, 0.2) is 42.5 Å². The molecule has 0 unspecified atom stereocenters. The van der Waals surface area contributed by atoms with E-state index < -0.39 is 18.2 Å². The number of ether oxygens (including phenoxy) is 2. The second-order valence-electron chi connectivity index (χ2n) is 9.46. The summed E-state index contributed by atoms with van der Waals surface area (Å²) in [6.45, 7) is 0.793. The number of urea groups is 1. The minimum atomic E-state index is -5.25. The van der Waals surface area contributed by atoms with Crippen molar-refractivity contribution in [2.24, 2.45) is 0 Å². The molecule has 1 N–H and O–H groups in total. The summed E-state index contributed by atoms with van der Waals surface area (Å²) >= 11 is 1.97. The van der Waals surface area contributed by atoms with Crippen LogP contribution >= 0.6 is 22.6 Å². The standard InChI is InChI=1S/C26H29F3IN3O5/c1-32(24(35)33(38-23(34)26(27,28)29)19-6-4-5-17(30)14-19)18-9-10-25(11-12-31-22(25)15-18)16-7-8-20(36-2)21(13-16)37-3/h4-8,13-14,18,22,31H,9-12,15H2,1-3H3/t18-,22+,25+/m1/s1. The Morgan fingerprint density at radius 1 is 1.08 bits per heavy atom. The van der Waals surface area contributed by atoms with Gasteiger partial charge in [-0.15, -0.1) is 5.06 Å². The van der Waals surface area contributed by atoms with E-state index in [0.717, 1.165) is 24.9 Å². The minimum Gasteiger partial charge on any atom is -0.493 e. The predicted octanol–water partition coefficient (Wildman–Crippen LogP) is 5.04. The van der Waals surface area contributed by atoms with Gasteiger partial charge in [-0.25, -0.2) is 9.59 Å². The van der Waals surface area contributed by atoms with Gasteiger partial charge in [-0.3, -0.25) is 0 Å². The lowest BCUT2D eigenvalue weighted by molar-refractivity contribution is -0.200. The Labute approximate surface area is 232 Å². The number of carbonyl (C=O) groups is 2. The van der Waals surface area contributed by atoms with Gasteiger partial charge in [0.2, 0.25) is 0 Å². The quantitative estimate of drug-likeness (QED) is 0.362. The van der Waals surface area contributed by atoms with Gasteiger partial charge < -0.3 is 24.5 Å². The Balaban J connectivity index is 1.56. The summed E-state index contributed by atoms with van der Waals surface area (Å²) in [6, 6.07) is 11.0. The molecule has 38 heavy (non-hydrogen) atoms. The molecule has 4 rings (SSSR count). The van der Waals surface area contributed by atoms with Crippen molar-refractivity contribution in [1.82, 2.24) is 10.2 Å². The summed E-state index contributed by atoms with van der Waals surface area (Å²) in [5, 5.41) is 3.98. The van der Waals surface area contributed by atoms with Crippen molar-refractivity contribution in [1.29, 1.82) is 0 Å². The summed E-state index contributed by atoms with van der Waals surface area (Å²) in [6.07, 6.45) is -2.42. The van der Waals surface area contributed by atoms with E-state index >= 15 is 0 Å². The highest BCUT2D eigenvalue weighted by molar-refractivity contribution is 14.1. The number of carbonyl (C=O) groups excluding carboxylic acids is 2. The monoisotopic (exact) mass is 647 g/mol. The van der Waals surface area contributed by atoms with E-state index in [9.17, 15) is 22.8 Å². The number of nitrogens with zero attached hydrogens (tertiary/aromatic N) is 2. The maximum atomic E-state index is 13.5. The summed E-state index contributed by atoms with van der Waals surface area (Å²) in [5.74, 6) is -1.19. The van der Waals surface area contributed by atoms with Crippen LogP contribution in [0.3, 0.4) is 0 Å². The molecule has 2 aliphatic rings. The molecular formula is C26H29F3IN3O5. The largest absolute Gasteiger partial charge is 0.493 e. The second-order valence-corrected chi connectivity index (χ2v) is 10.7. The van der Waals surface area contributed by atoms with E-state index in [0.29, 0.717) is 33.0 Å². The smallest absolute Gasteiger partial charge is 0.493 e. The zero-order chi connectivity index (χ0) is 27.7. The van der Waals surface area contributed by atoms with Crippen LogP contribution in [0.5, 0.6) is 11.5 Å². The average molecular weight is 647 g/mol. The molecule has 8 nitrogen and oxygen atoms in total. The van der Waals surface area contributed by atoms with Crippen LogP contribution < -0.4 is 19.9 Å². The molecule has 1 heterocycles. The van der Waals surface area contributed by atoms with Crippen LogP contribution in [-0.2, 0) is 15.0 Å². The van der Waals surface area contributed by atoms with Gasteiger partial charge in [-0.1, -0.05) is 12.1 Å². The van der Waals surface area contributed by atoms with Gasteiger partial charge in [0, 0.05) is 28.1 Å². The van der Waals surface area contributed by atoms with Crippen molar-refractivity contribution in [2.45, 2.75) is 49.4 Å². The maximum Gasteiger partial charge on any atom is 0.493 e. The second kappa shape index (κ2) is 11.2. The first kappa shape index (κ1) is 28.3. The molecular weight excluding hydrogens is 618 g/mol. The predicted molar refractivity (Wildman–Crippen MR) is 142 cm³/mol. The summed E-state index contributed by atoms with van der Waals surface area (Å²) in [4.78, 5) is 31.1. The minimum absolute atomic E-state index is 0.0263. The Kier molecular flexibility index (Phi) is 8.31. The van der Waals surface area contributed by atoms with Gasteiger partial charge in [-0.2, -0.15) is 13.2 Å².